The first-order valence-corrected chi connectivity index (χ1v) is 12.7. The van der Waals surface area contributed by atoms with Crippen LogP contribution in [0.4, 0.5) is 22.9 Å². The fraction of sp³-hybridized carbons (Fsp3) is 0.207. The van der Waals surface area contributed by atoms with Crippen LogP contribution in [0.15, 0.2) is 85.3 Å². The zero-order valence-electron chi connectivity index (χ0n) is 21.1. The third kappa shape index (κ3) is 4.83. The molecule has 192 valence electrons. The molecule has 0 bridgehead atoms. The average Bonchev–Trinajstić information content (AvgIpc) is 3.56. The molecule has 0 unspecified atom stereocenters. The summed E-state index contributed by atoms with van der Waals surface area (Å²) in [6.45, 7) is 1.75. The Morgan fingerprint density at radius 3 is 2.37 bits per heavy atom. The molecule has 6 rings (SSSR count). The fourth-order valence-electron chi connectivity index (χ4n) is 4.81. The van der Waals surface area contributed by atoms with Crippen LogP contribution in [0.3, 0.4) is 0 Å². The first kappa shape index (κ1) is 23.7. The number of fused-ring (bicyclic) bond motifs is 1. The van der Waals surface area contributed by atoms with E-state index in [1.807, 2.05) is 78.9 Å². The van der Waals surface area contributed by atoms with Gasteiger partial charge in [-0.1, -0.05) is 0 Å². The molecule has 0 radical (unpaired) electrons. The lowest BCUT2D eigenvalue weighted by Gasteiger charge is -2.31. The highest BCUT2D eigenvalue weighted by Crippen LogP contribution is 2.26. The number of aromatic nitrogens is 4. The molecule has 5 aromatic rings. The highest BCUT2D eigenvalue weighted by molar-refractivity contribution is 6.03. The molecule has 1 amide bonds. The Hall–Kier alpha value is -4.63. The Kier molecular flexibility index (Phi) is 6.27. The van der Waals surface area contributed by atoms with Crippen molar-refractivity contribution in [2.24, 2.45) is 7.05 Å². The number of aliphatic hydroxyl groups is 1. The summed E-state index contributed by atoms with van der Waals surface area (Å²) in [5.41, 5.74) is 5.20. The van der Waals surface area contributed by atoms with E-state index in [2.05, 4.69) is 37.7 Å². The molecule has 9 nitrogen and oxygen atoms in total. The lowest BCUT2D eigenvalue weighted by molar-refractivity contribution is 0.101. The Balaban J connectivity index is 1.13. The summed E-state index contributed by atoms with van der Waals surface area (Å²) >= 11 is 0. The van der Waals surface area contributed by atoms with Crippen molar-refractivity contribution in [1.82, 2.24) is 19.3 Å². The van der Waals surface area contributed by atoms with Crippen LogP contribution in [0.25, 0.3) is 16.6 Å². The molecule has 0 aliphatic carbocycles. The molecular weight excluding hydrogens is 478 g/mol. The Labute approximate surface area is 220 Å². The van der Waals surface area contributed by atoms with Crippen molar-refractivity contribution in [3.05, 3.63) is 91.0 Å². The number of amides is 1. The van der Waals surface area contributed by atoms with Gasteiger partial charge in [-0.25, -0.2) is 9.67 Å². The fourth-order valence-corrected chi connectivity index (χ4v) is 4.81. The number of hydrogen-bond acceptors (Lipinski definition) is 6. The second-order valence-corrected chi connectivity index (χ2v) is 9.58. The summed E-state index contributed by atoms with van der Waals surface area (Å²) in [6.07, 6.45) is 6.92. The Morgan fingerprint density at radius 1 is 0.947 bits per heavy atom. The molecule has 1 fully saturated rings. The largest absolute Gasteiger partial charge is 0.393 e. The van der Waals surface area contributed by atoms with Crippen LogP contribution >= 0.6 is 0 Å². The minimum Gasteiger partial charge on any atom is -0.393 e. The normalized spacial score (nSPS) is 14.1. The van der Waals surface area contributed by atoms with Gasteiger partial charge in [0.25, 0.3) is 5.91 Å². The number of hydrogen-bond donors (Lipinski definition) is 3. The zero-order chi connectivity index (χ0) is 26.1. The second kappa shape index (κ2) is 10.0. The molecule has 1 aliphatic heterocycles. The number of aliphatic hydroxyl groups excluding tert-OH is 1. The third-order valence-corrected chi connectivity index (χ3v) is 6.97. The number of nitrogens with one attached hydrogen (secondary N) is 2. The molecule has 3 N–H and O–H groups in total. The van der Waals surface area contributed by atoms with E-state index in [-0.39, 0.29) is 12.0 Å². The van der Waals surface area contributed by atoms with E-state index in [0.29, 0.717) is 11.4 Å². The second-order valence-electron chi connectivity index (χ2n) is 9.58. The molecule has 2 aromatic carbocycles. The standard InChI is InChI=1S/C29H29N7O2/c1-34-14-2-3-26(34)29(38)33-22-6-10-24(11-7-22)36-27-19-30-28(17-20(27)18-31-36)32-21-4-8-23(9-5-21)35-15-12-25(37)13-16-35/h2-11,14,17-19,25,37H,12-13,15-16H2,1H3,(H,30,32)(H,33,38). The lowest BCUT2D eigenvalue weighted by atomic mass is 10.1. The predicted molar refractivity (Wildman–Crippen MR) is 149 cm³/mol. The number of anilines is 4. The summed E-state index contributed by atoms with van der Waals surface area (Å²) in [5.74, 6) is 0.588. The zero-order valence-corrected chi connectivity index (χ0v) is 21.1. The molecule has 0 saturated carbocycles. The number of piperidine rings is 1. The maximum Gasteiger partial charge on any atom is 0.272 e. The molecule has 0 spiro atoms. The SMILES string of the molecule is Cn1cccc1C(=O)Nc1ccc(-n2ncc3cc(Nc4ccc(N5CCC(O)CC5)cc4)ncc32)cc1. The van der Waals surface area contributed by atoms with Crippen LogP contribution in [0.5, 0.6) is 0 Å². The molecule has 0 atom stereocenters. The highest BCUT2D eigenvalue weighted by Gasteiger charge is 2.17. The van der Waals surface area contributed by atoms with Gasteiger partial charge in [-0.05, 0) is 79.6 Å². The molecule has 1 aliphatic rings. The van der Waals surface area contributed by atoms with Gasteiger partial charge in [-0.2, -0.15) is 5.10 Å². The van der Waals surface area contributed by atoms with Crippen molar-refractivity contribution in [2.45, 2.75) is 18.9 Å². The van der Waals surface area contributed by atoms with Crippen molar-refractivity contribution in [2.75, 3.05) is 28.6 Å². The quantitative estimate of drug-likeness (QED) is 0.308. The van der Waals surface area contributed by atoms with Crippen LogP contribution in [-0.2, 0) is 7.05 Å². The molecular formula is C29H29N7O2. The van der Waals surface area contributed by atoms with Crippen molar-refractivity contribution >= 4 is 39.7 Å². The minimum atomic E-state index is -0.176. The van der Waals surface area contributed by atoms with Crippen molar-refractivity contribution < 1.29 is 9.90 Å². The third-order valence-electron chi connectivity index (χ3n) is 6.97. The van der Waals surface area contributed by atoms with E-state index >= 15 is 0 Å². The molecule has 1 saturated heterocycles. The van der Waals surface area contributed by atoms with E-state index < -0.39 is 0 Å². The van der Waals surface area contributed by atoms with Gasteiger partial charge in [0.1, 0.15) is 11.5 Å². The number of carbonyl (C=O) groups is 1. The van der Waals surface area contributed by atoms with Gasteiger partial charge in [0.2, 0.25) is 0 Å². The first-order valence-electron chi connectivity index (χ1n) is 12.7. The maximum atomic E-state index is 12.5. The van der Waals surface area contributed by atoms with E-state index in [1.165, 1.54) is 0 Å². The Bertz CT molecular complexity index is 1560. The molecule has 38 heavy (non-hydrogen) atoms. The van der Waals surface area contributed by atoms with Crippen LogP contribution < -0.4 is 15.5 Å². The average molecular weight is 508 g/mol. The van der Waals surface area contributed by atoms with Gasteiger partial charge in [-0.15, -0.1) is 0 Å². The van der Waals surface area contributed by atoms with Crippen molar-refractivity contribution in [1.29, 1.82) is 0 Å². The number of pyridine rings is 1. The predicted octanol–water partition coefficient (Wildman–Crippen LogP) is 4.72. The maximum absolute atomic E-state index is 12.5. The van der Waals surface area contributed by atoms with Crippen LogP contribution in [0, 0.1) is 0 Å². The van der Waals surface area contributed by atoms with Gasteiger partial charge in [-0.3, -0.25) is 4.79 Å². The summed E-state index contributed by atoms with van der Waals surface area (Å²) < 4.78 is 3.62. The smallest absolute Gasteiger partial charge is 0.272 e. The van der Waals surface area contributed by atoms with Crippen LogP contribution in [0.1, 0.15) is 23.3 Å². The minimum absolute atomic E-state index is 0.153. The lowest BCUT2D eigenvalue weighted by Crippen LogP contribution is -2.35. The number of carbonyl (C=O) groups excluding carboxylic acids is 1. The van der Waals surface area contributed by atoms with E-state index in [9.17, 15) is 9.90 Å². The van der Waals surface area contributed by atoms with E-state index in [1.54, 1.807) is 10.6 Å². The van der Waals surface area contributed by atoms with Gasteiger partial charge in [0.05, 0.1) is 29.7 Å². The summed E-state index contributed by atoms with van der Waals surface area (Å²) in [5, 5.41) is 21.6. The highest BCUT2D eigenvalue weighted by atomic mass is 16.3. The van der Waals surface area contributed by atoms with Crippen LogP contribution in [-0.4, -0.2) is 49.5 Å². The van der Waals surface area contributed by atoms with Gasteiger partial charge in [0.15, 0.2) is 0 Å². The van der Waals surface area contributed by atoms with Crippen molar-refractivity contribution in [3.63, 3.8) is 0 Å². The first-order chi connectivity index (χ1) is 18.5. The molecule has 9 heteroatoms. The van der Waals surface area contributed by atoms with Gasteiger partial charge >= 0.3 is 0 Å². The summed E-state index contributed by atoms with van der Waals surface area (Å²) in [7, 11) is 1.84. The van der Waals surface area contributed by atoms with Crippen LogP contribution in [0.2, 0.25) is 0 Å². The van der Waals surface area contributed by atoms with Crippen molar-refractivity contribution in [3.8, 4) is 5.69 Å². The number of aryl methyl sites for hydroxylation is 1. The summed E-state index contributed by atoms with van der Waals surface area (Å²) in [4.78, 5) is 19.4. The van der Waals surface area contributed by atoms with E-state index in [0.717, 1.165) is 59.7 Å². The van der Waals surface area contributed by atoms with Gasteiger partial charge < -0.3 is 25.2 Å². The van der Waals surface area contributed by atoms with Gasteiger partial charge in [0, 0.05) is 48.8 Å². The molecule has 3 aromatic heterocycles. The monoisotopic (exact) mass is 507 g/mol. The number of nitrogens with zero attached hydrogens (tertiary/aromatic N) is 5. The summed E-state index contributed by atoms with van der Waals surface area (Å²) in [6, 6.07) is 21.5. The molecule has 4 heterocycles. The number of rotatable bonds is 6. The number of benzene rings is 2. The Morgan fingerprint density at radius 2 is 1.66 bits per heavy atom. The van der Waals surface area contributed by atoms with E-state index in [4.69, 9.17) is 0 Å². The topological polar surface area (TPSA) is 100 Å².